The zero-order valence-corrected chi connectivity index (χ0v) is 13.3. The molecule has 1 heterocycles. The lowest BCUT2D eigenvalue weighted by Crippen LogP contribution is -2.27. The van der Waals surface area contributed by atoms with E-state index in [9.17, 15) is 18.0 Å². The van der Waals surface area contributed by atoms with Gasteiger partial charge in [-0.15, -0.1) is 11.8 Å². The number of halogens is 4. The molecule has 1 fully saturated rings. The summed E-state index contributed by atoms with van der Waals surface area (Å²) in [6.07, 6.45) is -4.41. The SMILES string of the molecule is O=C1CSC(c2cccc(C(F)(F)F)c2)N1c1cccc(Cl)c1. The van der Waals surface area contributed by atoms with E-state index in [-0.39, 0.29) is 11.7 Å². The number of hydrogen-bond acceptors (Lipinski definition) is 2. The fraction of sp³-hybridized carbons (Fsp3) is 0.188. The average Bonchev–Trinajstić information content (AvgIpc) is 2.88. The van der Waals surface area contributed by atoms with Gasteiger partial charge in [-0.2, -0.15) is 13.2 Å². The molecule has 0 spiro atoms. The lowest BCUT2D eigenvalue weighted by molar-refractivity contribution is -0.137. The van der Waals surface area contributed by atoms with Crippen LogP contribution in [-0.2, 0) is 11.0 Å². The van der Waals surface area contributed by atoms with Crippen LogP contribution in [0.25, 0.3) is 0 Å². The van der Waals surface area contributed by atoms with Crippen LogP contribution in [0.15, 0.2) is 48.5 Å². The second-order valence-corrected chi connectivity index (χ2v) is 6.54. The van der Waals surface area contributed by atoms with Crippen molar-refractivity contribution >= 4 is 35.0 Å². The van der Waals surface area contributed by atoms with Crippen LogP contribution < -0.4 is 4.90 Å². The third-order valence-electron chi connectivity index (χ3n) is 3.45. The number of amides is 1. The summed E-state index contributed by atoms with van der Waals surface area (Å²) in [6.45, 7) is 0. The molecule has 0 bridgehead atoms. The largest absolute Gasteiger partial charge is 0.416 e. The first-order chi connectivity index (χ1) is 10.9. The molecule has 1 aliphatic heterocycles. The Morgan fingerprint density at radius 1 is 1.13 bits per heavy atom. The molecule has 0 N–H and O–H groups in total. The summed E-state index contributed by atoms with van der Waals surface area (Å²) < 4.78 is 38.7. The predicted octanol–water partition coefficient (Wildman–Crippen LogP) is 5.14. The first-order valence-corrected chi connectivity index (χ1v) is 8.15. The quantitative estimate of drug-likeness (QED) is 0.742. The van der Waals surface area contributed by atoms with E-state index in [4.69, 9.17) is 11.6 Å². The van der Waals surface area contributed by atoms with E-state index in [1.54, 1.807) is 30.3 Å². The zero-order valence-electron chi connectivity index (χ0n) is 11.7. The fourth-order valence-corrected chi connectivity index (χ4v) is 3.80. The monoisotopic (exact) mass is 357 g/mol. The van der Waals surface area contributed by atoms with Crippen LogP contribution in [0.3, 0.4) is 0 Å². The number of carbonyl (C=O) groups is 1. The summed E-state index contributed by atoms with van der Waals surface area (Å²) in [4.78, 5) is 13.7. The van der Waals surface area contributed by atoms with Crippen molar-refractivity contribution in [2.24, 2.45) is 0 Å². The van der Waals surface area contributed by atoms with Gasteiger partial charge in [0.15, 0.2) is 0 Å². The Balaban J connectivity index is 2.00. The van der Waals surface area contributed by atoms with Gasteiger partial charge in [0.1, 0.15) is 5.37 Å². The average molecular weight is 358 g/mol. The maximum absolute atomic E-state index is 12.9. The van der Waals surface area contributed by atoms with Crippen LogP contribution in [-0.4, -0.2) is 11.7 Å². The summed E-state index contributed by atoms with van der Waals surface area (Å²) in [5, 5.41) is -0.0294. The normalized spacial score (nSPS) is 18.5. The standard InChI is InChI=1S/C16H11ClF3NOS/c17-12-5-2-6-13(8-12)21-14(22)9-23-15(21)10-3-1-4-11(7-10)16(18,19)20/h1-8,15H,9H2. The van der Waals surface area contributed by atoms with Gasteiger partial charge in [0.05, 0.1) is 11.3 Å². The Morgan fingerprint density at radius 3 is 2.57 bits per heavy atom. The van der Waals surface area contributed by atoms with Crippen molar-refractivity contribution in [1.82, 2.24) is 0 Å². The third-order valence-corrected chi connectivity index (χ3v) is 4.90. The first kappa shape index (κ1) is 16.2. The minimum Gasteiger partial charge on any atom is -0.295 e. The Hall–Kier alpha value is -1.66. The molecule has 1 atom stereocenters. The second-order valence-electron chi connectivity index (χ2n) is 5.03. The van der Waals surface area contributed by atoms with E-state index >= 15 is 0 Å². The van der Waals surface area contributed by atoms with E-state index in [0.29, 0.717) is 16.3 Å². The molecule has 2 aromatic carbocycles. The smallest absolute Gasteiger partial charge is 0.295 e. The second kappa shape index (κ2) is 6.09. The maximum Gasteiger partial charge on any atom is 0.416 e. The highest BCUT2D eigenvalue weighted by molar-refractivity contribution is 8.00. The van der Waals surface area contributed by atoms with Gasteiger partial charge in [-0.1, -0.05) is 29.8 Å². The van der Waals surface area contributed by atoms with Gasteiger partial charge in [0, 0.05) is 10.7 Å². The predicted molar refractivity (Wildman–Crippen MR) is 85.6 cm³/mol. The van der Waals surface area contributed by atoms with E-state index in [2.05, 4.69) is 0 Å². The number of nitrogens with zero attached hydrogens (tertiary/aromatic N) is 1. The summed E-state index contributed by atoms with van der Waals surface area (Å²) >= 11 is 7.25. The molecule has 1 saturated heterocycles. The number of hydrogen-bond donors (Lipinski definition) is 0. The van der Waals surface area contributed by atoms with Crippen LogP contribution in [0.4, 0.5) is 18.9 Å². The number of thioether (sulfide) groups is 1. The number of anilines is 1. The van der Waals surface area contributed by atoms with Crippen molar-refractivity contribution < 1.29 is 18.0 Å². The van der Waals surface area contributed by atoms with Gasteiger partial charge in [-0.25, -0.2) is 0 Å². The fourth-order valence-electron chi connectivity index (χ4n) is 2.44. The molecular weight excluding hydrogens is 347 g/mol. The summed E-state index contributed by atoms with van der Waals surface area (Å²) in [5.41, 5.74) is 0.298. The van der Waals surface area contributed by atoms with Crippen LogP contribution in [0.5, 0.6) is 0 Å². The Bertz CT molecular complexity index is 750. The number of carbonyl (C=O) groups excluding carboxylic acids is 1. The highest BCUT2D eigenvalue weighted by atomic mass is 35.5. The van der Waals surface area contributed by atoms with Crippen molar-refractivity contribution in [2.75, 3.05) is 10.7 Å². The first-order valence-electron chi connectivity index (χ1n) is 6.72. The highest BCUT2D eigenvalue weighted by Crippen LogP contribution is 2.43. The molecule has 0 saturated carbocycles. The summed E-state index contributed by atoms with van der Waals surface area (Å²) in [5.74, 6) is 0.0626. The number of rotatable bonds is 2. The molecule has 1 amide bonds. The topological polar surface area (TPSA) is 20.3 Å². The highest BCUT2D eigenvalue weighted by Gasteiger charge is 2.36. The molecule has 2 nitrogen and oxygen atoms in total. The van der Waals surface area contributed by atoms with Crippen molar-refractivity contribution in [1.29, 1.82) is 0 Å². The van der Waals surface area contributed by atoms with Crippen LogP contribution in [0.2, 0.25) is 5.02 Å². The summed E-state index contributed by atoms with van der Waals surface area (Å²) in [7, 11) is 0. The Morgan fingerprint density at radius 2 is 1.87 bits per heavy atom. The lowest BCUT2D eigenvalue weighted by atomic mass is 10.1. The van der Waals surface area contributed by atoms with Gasteiger partial charge in [0.2, 0.25) is 5.91 Å². The van der Waals surface area contributed by atoms with E-state index < -0.39 is 17.1 Å². The maximum atomic E-state index is 12.9. The minimum atomic E-state index is -4.41. The van der Waals surface area contributed by atoms with E-state index in [1.165, 1.54) is 22.7 Å². The molecule has 0 radical (unpaired) electrons. The molecular formula is C16H11ClF3NOS. The molecule has 1 aliphatic rings. The van der Waals surface area contributed by atoms with Crippen molar-refractivity contribution in [2.45, 2.75) is 11.6 Å². The van der Waals surface area contributed by atoms with Crippen LogP contribution in [0.1, 0.15) is 16.5 Å². The van der Waals surface area contributed by atoms with Crippen molar-refractivity contribution in [3.05, 3.63) is 64.7 Å². The van der Waals surface area contributed by atoms with Crippen molar-refractivity contribution in [3.63, 3.8) is 0 Å². The molecule has 1 unspecified atom stereocenters. The molecule has 120 valence electrons. The van der Waals surface area contributed by atoms with E-state index in [1.807, 2.05) is 0 Å². The molecule has 2 aromatic rings. The third kappa shape index (κ3) is 3.33. The number of alkyl halides is 3. The summed E-state index contributed by atoms with van der Waals surface area (Å²) in [6, 6.07) is 11.8. The van der Waals surface area contributed by atoms with Crippen molar-refractivity contribution in [3.8, 4) is 0 Å². The molecule has 0 aromatic heterocycles. The van der Waals surface area contributed by atoms with Gasteiger partial charge in [-0.05, 0) is 35.9 Å². The molecule has 0 aliphatic carbocycles. The molecule has 23 heavy (non-hydrogen) atoms. The lowest BCUT2D eigenvalue weighted by Gasteiger charge is -2.25. The van der Waals surface area contributed by atoms with Gasteiger partial charge < -0.3 is 0 Å². The van der Waals surface area contributed by atoms with Crippen LogP contribution >= 0.6 is 23.4 Å². The zero-order chi connectivity index (χ0) is 16.6. The Labute approximate surface area is 140 Å². The van der Waals surface area contributed by atoms with Gasteiger partial charge in [-0.3, -0.25) is 9.69 Å². The molecule has 3 rings (SSSR count). The Kier molecular flexibility index (Phi) is 4.29. The van der Waals surface area contributed by atoms with E-state index in [0.717, 1.165) is 12.1 Å². The minimum absolute atomic E-state index is 0.153. The van der Waals surface area contributed by atoms with Gasteiger partial charge in [0.25, 0.3) is 0 Å². The molecule has 7 heteroatoms. The van der Waals surface area contributed by atoms with Gasteiger partial charge >= 0.3 is 6.18 Å². The van der Waals surface area contributed by atoms with Crippen LogP contribution in [0, 0.1) is 0 Å². The number of benzene rings is 2.